The van der Waals surface area contributed by atoms with E-state index in [0.29, 0.717) is 11.5 Å². The molecule has 0 aromatic carbocycles. The second kappa shape index (κ2) is 8.30. The first-order chi connectivity index (χ1) is 11.8. The highest BCUT2D eigenvalue weighted by atomic mass is 35.5. The number of rotatable bonds is 7. The predicted octanol–water partition coefficient (Wildman–Crippen LogP) is 4.24. The summed E-state index contributed by atoms with van der Waals surface area (Å²) >= 11 is 5.75. The van der Waals surface area contributed by atoms with Crippen LogP contribution in [0.1, 0.15) is 52.4 Å². The highest BCUT2D eigenvalue weighted by Crippen LogP contribution is 2.18. The van der Waals surface area contributed by atoms with Gasteiger partial charge in [-0.15, -0.1) is 0 Å². The van der Waals surface area contributed by atoms with Crippen LogP contribution in [0, 0.1) is 19.8 Å². The van der Waals surface area contributed by atoms with E-state index in [-0.39, 0.29) is 23.1 Å². The molecule has 0 radical (unpaired) electrons. The summed E-state index contributed by atoms with van der Waals surface area (Å²) in [5, 5.41) is 0.203. The number of ether oxygens (including phenoxy) is 1. The van der Waals surface area contributed by atoms with Crippen LogP contribution in [0.5, 0.6) is 0 Å². The number of carbonyl (C=O) groups excluding carboxylic acids is 2. The molecule has 0 unspecified atom stereocenters. The van der Waals surface area contributed by atoms with Crippen LogP contribution in [0.15, 0.2) is 24.4 Å². The Hall–Kier alpha value is -2.14. The quantitative estimate of drug-likeness (QED) is 0.420. The van der Waals surface area contributed by atoms with Crippen LogP contribution in [0.4, 0.5) is 0 Å². The number of aromatic nitrogens is 2. The van der Waals surface area contributed by atoms with Crippen molar-refractivity contribution in [3.05, 3.63) is 52.1 Å². The standard InChI is InChI=1S/C19H23ClN2O3/c1-12(2)6-8-22-13(3)9-16(14(22)4)17(23)11-25-19(24)15-5-7-21-18(20)10-15/h5,7,9-10,12H,6,8,11H2,1-4H3. The maximum absolute atomic E-state index is 12.4. The molecule has 2 heterocycles. The highest BCUT2D eigenvalue weighted by Gasteiger charge is 2.18. The minimum atomic E-state index is -0.591. The molecule has 0 amide bonds. The molecule has 6 heteroatoms. The largest absolute Gasteiger partial charge is 0.454 e. The van der Waals surface area contributed by atoms with Gasteiger partial charge in [0.15, 0.2) is 6.61 Å². The number of ketones is 1. The number of nitrogens with zero attached hydrogens (tertiary/aromatic N) is 2. The second-order valence-corrected chi connectivity index (χ2v) is 6.87. The third-order valence-corrected chi connectivity index (χ3v) is 4.31. The van der Waals surface area contributed by atoms with Crippen molar-refractivity contribution in [1.82, 2.24) is 9.55 Å². The molecule has 0 bridgehead atoms. The van der Waals surface area contributed by atoms with Crippen molar-refractivity contribution in [2.45, 2.75) is 40.7 Å². The van der Waals surface area contributed by atoms with Crippen molar-refractivity contribution >= 4 is 23.4 Å². The fraction of sp³-hybridized carbons (Fsp3) is 0.421. The van der Waals surface area contributed by atoms with Crippen molar-refractivity contribution < 1.29 is 14.3 Å². The Kier molecular flexibility index (Phi) is 6.37. The molecule has 5 nitrogen and oxygen atoms in total. The molecule has 0 spiro atoms. The molecular formula is C19H23ClN2O3. The molecule has 0 saturated heterocycles. The number of esters is 1. The van der Waals surface area contributed by atoms with E-state index < -0.39 is 5.97 Å². The summed E-state index contributed by atoms with van der Waals surface area (Å²) in [6, 6.07) is 4.76. The summed E-state index contributed by atoms with van der Waals surface area (Å²) in [5.74, 6) is -0.211. The summed E-state index contributed by atoms with van der Waals surface area (Å²) in [7, 11) is 0. The predicted molar refractivity (Wildman–Crippen MR) is 97.2 cm³/mol. The fourth-order valence-corrected chi connectivity index (χ4v) is 2.81. The van der Waals surface area contributed by atoms with Crippen molar-refractivity contribution in [3.63, 3.8) is 0 Å². The Morgan fingerprint density at radius 1 is 1.28 bits per heavy atom. The maximum atomic E-state index is 12.4. The van der Waals surface area contributed by atoms with Crippen molar-refractivity contribution in [1.29, 1.82) is 0 Å². The van der Waals surface area contributed by atoms with E-state index in [4.69, 9.17) is 16.3 Å². The Bertz CT molecular complexity index is 781. The van der Waals surface area contributed by atoms with Gasteiger partial charge < -0.3 is 9.30 Å². The Balaban J connectivity index is 2.03. The molecular weight excluding hydrogens is 340 g/mol. The van der Waals surface area contributed by atoms with E-state index in [9.17, 15) is 9.59 Å². The highest BCUT2D eigenvalue weighted by molar-refractivity contribution is 6.29. The number of Topliss-reactive ketones (excluding diaryl/α,β-unsaturated/α-hetero) is 1. The van der Waals surface area contributed by atoms with Crippen LogP contribution in [-0.2, 0) is 11.3 Å². The Morgan fingerprint density at radius 3 is 2.64 bits per heavy atom. The van der Waals surface area contributed by atoms with Gasteiger partial charge in [0, 0.05) is 29.7 Å². The zero-order chi connectivity index (χ0) is 18.6. The monoisotopic (exact) mass is 362 g/mol. The minimum absolute atomic E-state index is 0.203. The van der Waals surface area contributed by atoms with Gasteiger partial charge in [-0.05, 0) is 44.4 Å². The van der Waals surface area contributed by atoms with Crippen molar-refractivity contribution in [2.75, 3.05) is 6.61 Å². The molecule has 0 aliphatic heterocycles. The first kappa shape index (κ1) is 19.2. The molecule has 0 N–H and O–H groups in total. The van der Waals surface area contributed by atoms with Crippen molar-refractivity contribution in [3.8, 4) is 0 Å². The number of halogens is 1. The third kappa shape index (κ3) is 4.92. The van der Waals surface area contributed by atoms with E-state index >= 15 is 0 Å². The molecule has 0 aliphatic rings. The van der Waals surface area contributed by atoms with Crippen molar-refractivity contribution in [2.24, 2.45) is 5.92 Å². The lowest BCUT2D eigenvalue weighted by Crippen LogP contribution is -2.15. The van der Waals surface area contributed by atoms with Gasteiger partial charge in [-0.3, -0.25) is 4.79 Å². The molecule has 25 heavy (non-hydrogen) atoms. The molecule has 0 fully saturated rings. The first-order valence-corrected chi connectivity index (χ1v) is 8.66. The molecule has 2 aromatic heterocycles. The SMILES string of the molecule is Cc1cc(C(=O)COC(=O)c2ccnc(Cl)c2)c(C)n1CCC(C)C. The van der Waals surface area contributed by atoms with E-state index in [1.54, 1.807) is 0 Å². The van der Waals surface area contributed by atoms with E-state index in [1.807, 2.05) is 19.9 Å². The number of pyridine rings is 1. The van der Waals surface area contributed by atoms with Gasteiger partial charge in [-0.1, -0.05) is 25.4 Å². The first-order valence-electron chi connectivity index (χ1n) is 8.28. The lowest BCUT2D eigenvalue weighted by atomic mass is 10.1. The molecule has 0 atom stereocenters. The molecule has 2 aromatic rings. The topological polar surface area (TPSA) is 61.2 Å². The Labute approximate surface area is 153 Å². The maximum Gasteiger partial charge on any atom is 0.338 e. The number of carbonyl (C=O) groups is 2. The van der Waals surface area contributed by atoms with Crippen LogP contribution >= 0.6 is 11.6 Å². The van der Waals surface area contributed by atoms with Gasteiger partial charge in [0.05, 0.1) is 5.56 Å². The molecule has 134 valence electrons. The summed E-state index contributed by atoms with van der Waals surface area (Å²) in [6.45, 7) is 8.82. The van der Waals surface area contributed by atoms with E-state index in [0.717, 1.165) is 24.4 Å². The summed E-state index contributed by atoms with van der Waals surface area (Å²) in [4.78, 5) is 28.3. The van der Waals surface area contributed by atoms with Crippen LogP contribution in [-0.4, -0.2) is 27.9 Å². The number of aryl methyl sites for hydroxylation is 1. The fourth-order valence-electron chi connectivity index (χ4n) is 2.64. The van der Waals surface area contributed by atoms with Crippen LogP contribution in [0.3, 0.4) is 0 Å². The van der Waals surface area contributed by atoms with E-state index in [2.05, 4.69) is 23.4 Å². The molecule has 0 aliphatic carbocycles. The number of hydrogen-bond donors (Lipinski definition) is 0. The van der Waals surface area contributed by atoms with Gasteiger partial charge in [0.25, 0.3) is 0 Å². The zero-order valence-electron chi connectivity index (χ0n) is 15.0. The average Bonchev–Trinajstić information content (AvgIpc) is 2.84. The van der Waals surface area contributed by atoms with Crippen LogP contribution in [0.2, 0.25) is 5.15 Å². The van der Waals surface area contributed by atoms with Crippen LogP contribution < -0.4 is 0 Å². The summed E-state index contributed by atoms with van der Waals surface area (Å²) < 4.78 is 7.25. The zero-order valence-corrected chi connectivity index (χ0v) is 15.8. The van der Waals surface area contributed by atoms with Gasteiger partial charge in [-0.2, -0.15) is 0 Å². The number of hydrogen-bond acceptors (Lipinski definition) is 4. The van der Waals surface area contributed by atoms with Gasteiger partial charge in [0.2, 0.25) is 5.78 Å². The average molecular weight is 363 g/mol. The van der Waals surface area contributed by atoms with Gasteiger partial charge in [0.1, 0.15) is 5.15 Å². The smallest absolute Gasteiger partial charge is 0.338 e. The third-order valence-electron chi connectivity index (χ3n) is 4.10. The Morgan fingerprint density at radius 2 is 2.00 bits per heavy atom. The molecule has 0 saturated carbocycles. The lowest BCUT2D eigenvalue weighted by molar-refractivity contribution is 0.0474. The van der Waals surface area contributed by atoms with Gasteiger partial charge in [-0.25, -0.2) is 9.78 Å². The van der Waals surface area contributed by atoms with Gasteiger partial charge >= 0.3 is 5.97 Å². The lowest BCUT2D eigenvalue weighted by Gasteiger charge is -2.11. The van der Waals surface area contributed by atoms with Crippen LogP contribution in [0.25, 0.3) is 0 Å². The second-order valence-electron chi connectivity index (χ2n) is 6.49. The summed E-state index contributed by atoms with van der Waals surface area (Å²) in [5.41, 5.74) is 2.82. The molecule has 2 rings (SSSR count). The van der Waals surface area contributed by atoms with E-state index in [1.165, 1.54) is 18.3 Å². The normalized spacial score (nSPS) is 11.0. The summed E-state index contributed by atoms with van der Waals surface area (Å²) in [6.07, 6.45) is 2.46. The minimum Gasteiger partial charge on any atom is -0.454 e.